The van der Waals surface area contributed by atoms with Crippen molar-refractivity contribution in [2.24, 2.45) is 0 Å². The molecule has 7 heteroatoms. The van der Waals surface area contributed by atoms with Crippen molar-refractivity contribution in [1.82, 2.24) is 0 Å². The molecule has 0 spiro atoms. The van der Waals surface area contributed by atoms with Gasteiger partial charge in [0, 0.05) is 27.3 Å². The van der Waals surface area contributed by atoms with Crippen LogP contribution in [0.5, 0.6) is 0 Å². The summed E-state index contributed by atoms with van der Waals surface area (Å²) in [4.78, 5) is 0. The smallest absolute Gasteiger partial charge is 0.512 e. The Bertz CT molecular complexity index is 63.1. The molecule has 0 saturated carbocycles. The van der Waals surface area contributed by atoms with Crippen LogP contribution in [-0.4, -0.2) is 0 Å². The first-order valence-corrected chi connectivity index (χ1v) is 0.894. The molecule has 42 valence electrons. The molecule has 0 aliphatic carbocycles. The van der Waals surface area contributed by atoms with Crippen molar-refractivity contribution in [2.75, 3.05) is 0 Å². The number of hydrogen-bond acceptors (Lipinski definition) is 4. The summed E-state index contributed by atoms with van der Waals surface area (Å²) in [6, 6.07) is 0. The van der Waals surface area contributed by atoms with Crippen molar-refractivity contribution >= 4 is 0 Å². The molecular formula is C4CdN4Na2-2. The summed E-state index contributed by atoms with van der Waals surface area (Å²) in [6.45, 7) is 19.0. The fourth-order valence-electron chi connectivity index (χ4n) is 0. The fourth-order valence-corrected chi connectivity index (χ4v) is 0. The van der Waals surface area contributed by atoms with Gasteiger partial charge in [-0.2, -0.15) is 0 Å². The molecule has 0 unspecified atom stereocenters. The van der Waals surface area contributed by atoms with Gasteiger partial charge in [-0.15, -0.1) is 0 Å². The molecule has 0 rings (SSSR count). The van der Waals surface area contributed by atoms with Crippen molar-refractivity contribution in [3.05, 3.63) is 26.3 Å². The molecular weight excluding hydrogens is 262 g/mol. The van der Waals surface area contributed by atoms with Gasteiger partial charge in [0.05, 0.1) is 0 Å². The van der Waals surface area contributed by atoms with Gasteiger partial charge in [-0.25, -0.2) is 0 Å². The van der Waals surface area contributed by atoms with E-state index in [2.05, 4.69) is 0 Å². The Labute approximate surface area is 132 Å². The number of rotatable bonds is 0. The van der Waals surface area contributed by atoms with Gasteiger partial charge in [0.25, 0.3) is 0 Å². The molecule has 0 aromatic carbocycles. The van der Waals surface area contributed by atoms with Gasteiger partial charge in [-0.05, 0) is 0 Å². The van der Waals surface area contributed by atoms with Crippen LogP contribution in [0.25, 0.3) is 0 Å². The second-order valence-corrected chi connectivity index (χ2v) is 0. The van der Waals surface area contributed by atoms with E-state index in [9.17, 15) is 0 Å². The summed E-state index contributed by atoms with van der Waals surface area (Å²) in [5.74, 6) is 0. The van der Waals surface area contributed by atoms with Crippen molar-refractivity contribution in [2.45, 2.75) is 0 Å². The maximum absolute atomic E-state index is 6.25. The van der Waals surface area contributed by atoms with Crippen molar-refractivity contribution in [3.63, 3.8) is 0 Å². The molecule has 0 bridgehead atoms. The van der Waals surface area contributed by atoms with Crippen LogP contribution in [0.3, 0.4) is 0 Å². The summed E-state index contributed by atoms with van der Waals surface area (Å²) in [7, 11) is 0. The minimum atomic E-state index is 0. The van der Waals surface area contributed by atoms with E-state index in [1.54, 1.807) is 0 Å². The molecule has 0 amide bonds. The Kier molecular flexibility index (Phi) is 7330. The summed E-state index contributed by atoms with van der Waals surface area (Å²) in [5.41, 5.74) is 0. The minimum absolute atomic E-state index is 0. The normalized spacial score (nSPS) is 0.727. The van der Waals surface area contributed by atoms with Crippen LogP contribution < -0.4 is 59.1 Å². The van der Waals surface area contributed by atoms with Gasteiger partial charge in [-0.3, -0.25) is 0 Å². The molecule has 0 fully saturated rings. The van der Waals surface area contributed by atoms with Crippen LogP contribution in [-0.2, 0) is 27.3 Å². The molecule has 0 atom stereocenters. The van der Waals surface area contributed by atoms with Gasteiger partial charge in [0.1, 0.15) is 0 Å². The topological polar surface area (TPSA) is 95.2 Å². The Hall–Kier alpha value is 0.882. The molecule has 0 aromatic heterocycles. The van der Waals surface area contributed by atoms with E-state index in [0.717, 1.165) is 0 Å². The molecule has 0 aliphatic heterocycles. The van der Waals surface area contributed by atoms with Crippen molar-refractivity contribution in [3.8, 4) is 0 Å². The first kappa shape index (κ1) is 59.0. The quantitative estimate of drug-likeness (QED) is 0.321. The molecule has 4 nitrogen and oxygen atoms in total. The third-order valence-corrected chi connectivity index (χ3v) is 0. The summed E-state index contributed by atoms with van der Waals surface area (Å²) in [6.07, 6.45) is 0. The standard InChI is InChI=1S/4CN.Cd.2Na/c4*1-2;;;/q4*-1;;2*+1. The van der Waals surface area contributed by atoms with Crippen LogP contribution in [0.15, 0.2) is 0 Å². The van der Waals surface area contributed by atoms with Crippen LogP contribution in [0.2, 0.25) is 0 Å². The summed E-state index contributed by atoms with van der Waals surface area (Å²) in [5, 5.41) is 25.0. The molecule has 11 heavy (non-hydrogen) atoms. The summed E-state index contributed by atoms with van der Waals surface area (Å²) >= 11 is 0. The van der Waals surface area contributed by atoms with E-state index in [1.807, 2.05) is 0 Å². The van der Waals surface area contributed by atoms with Gasteiger partial charge in [0.2, 0.25) is 0 Å². The van der Waals surface area contributed by atoms with E-state index in [0.29, 0.717) is 0 Å². The monoisotopic (exact) mass is 264 g/mol. The van der Waals surface area contributed by atoms with Gasteiger partial charge in [-0.1, -0.05) is 0 Å². The molecule has 0 aliphatic rings. The second-order valence-electron chi connectivity index (χ2n) is 0. The first-order valence-electron chi connectivity index (χ1n) is 0.894. The molecule has 0 heterocycles. The molecule has 0 radical (unpaired) electrons. The van der Waals surface area contributed by atoms with E-state index in [4.69, 9.17) is 47.3 Å². The van der Waals surface area contributed by atoms with Crippen molar-refractivity contribution in [1.29, 1.82) is 21.0 Å². The maximum atomic E-state index is 6.25. The average Bonchev–Trinajstić information content (AvgIpc) is 2.03. The maximum Gasteiger partial charge on any atom is 1.00 e. The zero-order valence-electron chi connectivity index (χ0n) is 6.50. The molecule has 0 saturated heterocycles. The Morgan fingerprint density at radius 2 is 0.455 bits per heavy atom. The van der Waals surface area contributed by atoms with E-state index in [-0.39, 0.29) is 86.4 Å². The van der Waals surface area contributed by atoms with Gasteiger partial charge >= 0.3 is 59.1 Å². The zero-order valence-corrected chi connectivity index (χ0v) is 14.5. The molecule has 0 aromatic rings. The zero-order chi connectivity index (χ0) is 8.00. The summed E-state index contributed by atoms with van der Waals surface area (Å²) < 4.78 is 0. The fraction of sp³-hybridized carbons (Fsp3) is 0. The first-order chi connectivity index (χ1) is 4.00. The van der Waals surface area contributed by atoms with Crippen LogP contribution >= 0.6 is 0 Å². The third-order valence-electron chi connectivity index (χ3n) is 0. The Morgan fingerprint density at radius 3 is 0.455 bits per heavy atom. The SMILES string of the molecule is [C-]#N.[C-]#N.[C-]#N.[C-]#N.[Cd].[Na+].[Na+]. The number of nitrogens with zero attached hydrogens (tertiary/aromatic N) is 4. The Morgan fingerprint density at radius 1 is 0.455 bits per heavy atom. The van der Waals surface area contributed by atoms with Crippen LogP contribution in [0.4, 0.5) is 0 Å². The van der Waals surface area contributed by atoms with Crippen molar-refractivity contribution < 1.29 is 86.4 Å². The third kappa shape index (κ3) is 1100. The van der Waals surface area contributed by atoms with Gasteiger partial charge in [0.15, 0.2) is 0 Å². The van der Waals surface area contributed by atoms with Gasteiger partial charge < -0.3 is 47.3 Å². The minimum Gasteiger partial charge on any atom is -0.512 e. The average molecular weight is 262 g/mol. The predicted molar refractivity (Wildman–Crippen MR) is 19.9 cm³/mol. The van der Waals surface area contributed by atoms with Crippen LogP contribution in [0.1, 0.15) is 0 Å². The number of hydrogen-bond donors (Lipinski definition) is 0. The molecule has 0 N–H and O–H groups in total. The largest absolute Gasteiger partial charge is 1.00 e. The second kappa shape index (κ2) is 1370. The predicted octanol–water partition coefficient (Wildman–Crippen LogP) is -5.61. The Balaban J connectivity index is -0.00000000356. The van der Waals surface area contributed by atoms with E-state index in [1.165, 1.54) is 0 Å². The van der Waals surface area contributed by atoms with Crippen LogP contribution in [0, 0.1) is 47.3 Å². The van der Waals surface area contributed by atoms with E-state index < -0.39 is 0 Å². The van der Waals surface area contributed by atoms with E-state index >= 15 is 0 Å².